The van der Waals surface area contributed by atoms with Crippen molar-refractivity contribution >= 4 is 45.8 Å². The monoisotopic (exact) mass is 403 g/mol. The number of carbonyl (C=O) groups excluding carboxylic acids is 2. The van der Waals surface area contributed by atoms with E-state index in [1.54, 1.807) is 0 Å². The summed E-state index contributed by atoms with van der Waals surface area (Å²) >= 11 is 3.38. The predicted molar refractivity (Wildman–Crippen MR) is 98.0 cm³/mol. The molecular weight excluding hydrogens is 382 g/mol. The molecule has 1 aromatic carbocycles. The number of rotatable bonds is 8. The molecule has 3 N–H and O–H groups in total. The van der Waals surface area contributed by atoms with Crippen LogP contribution < -0.4 is 16.0 Å². The maximum absolute atomic E-state index is 11.9. The van der Waals surface area contributed by atoms with Crippen molar-refractivity contribution < 1.29 is 9.59 Å². The van der Waals surface area contributed by atoms with Crippen molar-refractivity contribution in [1.82, 2.24) is 10.6 Å². The number of hydrogen-bond donors (Lipinski definition) is 3. The van der Waals surface area contributed by atoms with Crippen LogP contribution in [-0.4, -0.2) is 31.4 Å². The van der Waals surface area contributed by atoms with Gasteiger partial charge in [0.15, 0.2) is 0 Å². The lowest BCUT2D eigenvalue weighted by Crippen LogP contribution is -2.36. The summed E-state index contributed by atoms with van der Waals surface area (Å²) in [5.74, 6) is 0.589. The van der Waals surface area contributed by atoms with E-state index in [-0.39, 0.29) is 30.6 Å². The lowest BCUT2D eigenvalue weighted by atomic mass is 10.2. The fourth-order valence-corrected chi connectivity index (χ4v) is 2.39. The highest BCUT2D eigenvalue weighted by molar-refractivity contribution is 9.10. The van der Waals surface area contributed by atoms with Gasteiger partial charge in [-0.15, -0.1) is 12.4 Å². The Kier molecular flexibility index (Phi) is 8.58. The van der Waals surface area contributed by atoms with E-state index in [1.807, 2.05) is 25.1 Å². The smallest absolute Gasteiger partial charge is 0.233 e. The molecule has 0 radical (unpaired) electrons. The van der Waals surface area contributed by atoms with Crippen molar-refractivity contribution in [2.75, 3.05) is 25.0 Å². The van der Waals surface area contributed by atoms with Crippen LogP contribution in [0.25, 0.3) is 0 Å². The third-order valence-electron chi connectivity index (χ3n) is 3.56. The quantitative estimate of drug-likeness (QED) is 0.624. The molecule has 23 heavy (non-hydrogen) atoms. The van der Waals surface area contributed by atoms with Gasteiger partial charge in [-0.25, -0.2) is 0 Å². The summed E-state index contributed by atoms with van der Waals surface area (Å²) in [5, 5.41) is 8.72. The average Bonchev–Trinajstić information content (AvgIpc) is 3.27. The van der Waals surface area contributed by atoms with Crippen molar-refractivity contribution in [3.63, 3.8) is 0 Å². The van der Waals surface area contributed by atoms with E-state index < -0.39 is 0 Å². The number of carbonyl (C=O) groups is 2. The second-order valence-electron chi connectivity index (χ2n) is 5.68. The molecule has 0 bridgehead atoms. The lowest BCUT2D eigenvalue weighted by molar-refractivity contribution is -0.120. The first-order chi connectivity index (χ1) is 10.5. The predicted octanol–water partition coefficient (Wildman–Crippen LogP) is 2.62. The molecule has 1 aromatic rings. The molecule has 0 atom stereocenters. The van der Waals surface area contributed by atoms with Gasteiger partial charge in [0.2, 0.25) is 11.8 Å². The minimum atomic E-state index is -0.104. The summed E-state index contributed by atoms with van der Waals surface area (Å²) in [6.07, 6.45) is 2.80. The van der Waals surface area contributed by atoms with Crippen LogP contribution in [0.4, 0.5) is 5.69 Å². The maximum atomic E-state index is 11.9. The van der Waals surface area contributed by atoms with E-state index >= 15 is 0 Å². The fraction of sp³-hybridized carbons (Fsp3) is 0.500. The van der Waals surface area contributed by atoms with Crippen molar-refractivity contribution in [3.05, 3.63) is 28.2 Å². The van der Waals surface area contributed by atoms with Crippen molar-refractivity contribution in [2.45, 2.75) is 26.2 Å². The SMILES string of the molecule is Cc1ccc(Br)cc1NC(=O)CCNC(=O)CNCC1CC1.Cl. The number of halogens is 2. The van der Waals surface area contributed by atoms with Crippen LogP contribution in [0, 0.1) is 12.8 Å². The Morgan fingerprint density at radius 3 is 2.70 bits per heavy atom. The molecule has 0 aromatic heterocycles. The van der Waals surface area contributed by atoms with Gasteiger partial charge in [-0.05, 0) is 49.9 Å². The normalized spacial score (nSPS) is 13.1. The summed E-state index contributed by atoms with van der Waals surface area (Å²) in [6, 6.07) is 5.74. The zero-order chi connectivity index (χ0) is 15.9. The fourth-order valence-electron chi connectivity index (χ4n) is 2.03. The number of amides is 2. The Balaban J connectivity index is 0.00000264. The minimum absolute atomic E-state index is 0. The van der Waals surface area contributed by atoms with E-state index in [2.05, 4.69) is 31.9 Å². The molecule has 1 aliphatic carbocycles. The summed E-state index contributed by atoms with van der Waals surface area (Å²) < 4.78 is 0.920. The molecule has 0 unspecified atom stereocenters. The molecule has 0 spiro atoms. The number of nitrogens with one attached hydrogen (secondary N) is 3. The van der Waals surface area contributed by atoms with Crippen LogP contribution in [-0.2, 0) is 9.59 Å². The third-order valence-corrected chi connectivity index (χ3v) is 4.06. The Bertz CT molecular complexity index is 550. The first-order valence-corrected chi connectivity index (χ1v) is 8.37. The van der Waals surface area contributed by atoms with E-state index in [0.717, 1.165) is 28.2 Å². The second-order valence-corrected chi connectivity index (χ2v) is 6.60. The number of hydrogen-bond acceptors (Lipinski definition) is 3. The lowest BCUT2D eigenvalue weighted by Gasteiger charge is -2.10. The van der Waals surface area contributed by atoms with Gasteiger partial charge in [0.25, 0.3) is 0 Å². The van der Waals surface area contributed by atoms with Crippen LogP contribution >= 0.6 is 28.3 Å². The van der Waals surface area contributed by atoms with Gasteiger partial charge in [0.1, 0.15) is 0 Å². The highest BCUT2D eigenvalue weighted by Gasteiger charge is 2.20. The number of aryl methyl sites for hydroxylation is 1. The molecule has 1 fully saturated rings. The van der Waals surface area contributed by atoms with E-state index in [9.17, 15) is 9.59 Å². The second kappa shape index (κ2) is 9.90. The van der Waals surface area contributed by atoms with Gasteiger partial charge in [0.05, 0.1) is 6.54 Å². The first-order valence-electron chi connectivity index (χ1n) is 7.58. The van der Waals surface area contributed by atoms with E-state index in [0.29, 0.717) is 13.1 Å². The van der Waals surface area contributed by atoms with Gasteiger partial charge >= 0.3 is 0 Å². The number of anilines is 1. The topological polar surface area (TPSA) is 70.2 Å². The van der Waals surface area contributed by atoms with Crippen LogP contribution in [0.15, 0.2) is 22.7 Å². The Labute approximate surface area is 151 Å². The van der Waals surface area contributed by atoms with Crippen molar-refractivity contribution in [1.29, 1.82) is 0 Å². The molecule has 0 aliphatic heterocycles. The Morgan fingerprint density at radius 2 is 2.00 bits per heavy atom. The molecule has 0 saturated heterocycles. The van der Waals surface area contributed by atoms with E-state index in [4.69, 9.17) is 0 Å². The molecule has 2 rings (SSSR count). The molecule has 128 valence electrons. The molecule has 7 heteroatoms. The first kappa shape index (κ1) is 19.9. The number of benzene rings is 1. The van der Waals surface area contributed by atoms with E-state index in [1.165, 1.54) is 12.8 Å². The molecule has 2 amide bonds. The highest BCUT2D eigenvalue weighted by Crippen LogP contribution is 2.27. The summed E-state index contributed by atoms with van der Waals surface area (Å²) in [6.45, 7) is 3.52. The van der Waals surface area contributed by atoms with Crippen LogP contribution in [0.2, 0.25) is 0 Å². The van der Waals surface area contributed by atoms with Crippen molar-refractivity contribution in [3.8, 4) is 0 Å². The van der Waals surface area contributed by atoms with Crippen LogP contribution in [0.3, 0.4) is 0 Å². The van der Waals surface area contributed by atoms with Crippen LogP contribution in [0.1, 0.15) is 24.8 Å². The highest BCUT2D eigenvalue weighted by atomic mass is 79.9. The summed E-state index contributed by atoms with van der Waals surface area (Å²) in [5.41, 5.74) is 1.79. The maximum Gasteiger partial charge on any atom is 0.233 e. The molecule has 1 saturated carbocycles. The van der Waals surface area contributed by atoms with Gasteiger partial charge in [-0.1, -0.05) is 22.0 Å². The van der Waals surface area contributed by atoms with Gasteiger partial charge in [0, 0.05) is 23.1 Å². The summed E-state index contributed by atoms with van der Waals surface area (Å²) in [7, 11) is 0. The third kappa shape index (κ3) is 7.81. The molecular formula is C16H23BrClN3O2. The molecule has 1 aliphatic rings. The zero-order valence-electron chi connectivity index (χ0n) is 13.2. The standard InChI is InChI=1S/C16H22BrN3O2.ClH/c1-11-2-5-13(17)8-14(11)20-15(21)6-7-19-16(22)10-18-9-12-3-4-12;/h2,5,8,12,18H,3-4,6-7,9-10H2,1H3,(H,19,22)(H,20,21);1H. The Hall–Kier alpha value is -1.11. The average molecular weight is 405 g/mol. The largest absolute Gasteiger partial charge is 0.354 e. The molecule has 0 heterocycles. The van der Waals surface area contributed by atoms with Crippen LogP contribution in [0.5, 0.6) is 0 Å². The minimum Gasteiger partial charge on any atom is -0.354 e. The van der Waals surface area contributed by atoms with Gasteiger partial charge < -0.3 is 16.0 Å². The van der Waals surface area contributed by atoms with Crippen molar-refractivity contribution in [2.24, 2.45) is 5.92 Å². The Morgan fingerprint density at radius 1 is 1.26 bits per heavy atom. The zero-order valence-corrected chi connectivity index (χ0v) is 15.6. The summed E-state index contributed by atoms with van der Waals surface area (Å²) in [4.78, 5) is 23.4. The van der Waals surface area contributed by atoms with Gasteiger partial charge in [-0.2, -0.15) is 0 Å². The van der Waals surface area contributed by atoms with Gasteiger partial charge in [-0.3, -0.25) is 9.59 Å². The molecule has 5 nitrogen and oxygen atoms in total.